The van der Waals surface area contributed by atoms with Crippen molar-refractivity contribution in [3.63, 3.8) is 0 Å². The zero-order valence-corrected chi connectivity index (χ0v) is 21.9. The van der Waals surface area contributed by atoms with Gasteiger partial charge in [-0.15, -0.1) is 0 Å². The summed E-state index contributed by atoms with van der Waals surface area (Å²) in [7, 11) is 0. The van der Waals surface area contributed by atoms with Gasteiger partial charge in [0.15, 0.2) is 6.17 Å². The summed E-state index contributed by atoms with van der Waals surface area (Å²) in [5.41, 5.74) is 9.69. The molecule has 0 fully saturated rings. The highest BCUT2D eigenvalue weighted by Gasteiger charge is 2.26. The van der Waals surface area contributed by atoms with Gasteiger partial charge in [-0.05, 0) is 62.9 Å². The largest absolute Gasteiger partial charge is 0.456 e. The Hall–Kier alpha value is -5.55. The van der Waals surface area contributed by atoms with Crippen LogP contribution in [0.25, 0.3) is 55.0 Å². The molecule has 0 amide bonds. The van der Waals surface area contributed by atoms with Crippen molar-refractivity contribution in [1.29, 1.82) is 0 Å². The highest BCUT2D eigenvalue weighted by atomic mass is 16.3. The molecule has 1 unspecified atom stereocenters. The van der Waals surface area contributed by atoms with Crippen LogP contribution in [-0.2, 0) is 0 Å². The molecule has 0 saturated carbocycles. The van der Waals surface area contributed by atoms with Gasteiger partial charge in [0.1, 0.15) is 22.8 Å². The quantitative estimate of drug-likeness (QED) is 0.252. The first kappa shape index (κ1) is 22.3. The summed E-state index contributed by atoms with van der Waals surface area (Å²) < 4.78 is 6.17. The molecule has 9 rings (SSSR count). The number of hydrogen-bond donors (Lipinski definition) is 1. The molecule has 1 aliphatic heterocycles. The maximum absolute atomic E-state index is 6.17. The van der Waals surface area contributed by atoms with Gasteiger partial charge in [0.25, 0.3) is 0 Å². The lowest BCUT2D eigenvalue weighted by molar-refractivity contribution is 0.668. The van der Waals surface area contributed by atoms with Crippen LogP contribution in [0.4, 0.5) is 0 Å². The minimum Gasteiger partial charge on any atom is -0.456 e. The Morgan fingerprint density at radius 1 is 0.585 bits per heavy atom. The molecule has 2 aromatic heterocycles. The minimum absolute atomic E-state index is 0.392. The number of fused-ring (bicyclic) bond motifs is 6. The SMILES string of the molecule is c1ccc(C2N=C(c3cc4c5c(cccc5c3)-c3ccccc3-4)NC(c3cccc4oc5ccncc5c34)=N2)cc1. The number of amidine groups is 2. The predicted molar refractivity (Wildman–Crippen MR) is 165 cm³/mol. The number of nitrogens with zero attached hydrogens (tertiary/aromatic N) is 3. The normalized spacial score (nSPS) is 15.6. The van der Waals surface area contributed by atoms with E-state index in [1.165, 1.54) is 33.0 Å². The first-order valence-electron chi connectivity index (χ1n) is 13.7. The van der Waals surface area contributed by atoms with Gasteiger partial charge in [0.2, 0.25) is 0 Å². The van der Waals surface area contributed by atoms with Crippen LogP contribution in [-0.4, -0.2) is 16.7 Å². The maximum Gasteiger partial charge on any atom is 0.169 e. The second-order valence-electron chi connectivity index (χ2n) is 10.5. The zero-order valence-electron chi connectivity index (χ0n) is 21.9. The van der Waals surface area contributed by atoms with Gasteiger partial charge in [0.05, 0.1) is 0 Å². The lowest BCUT2D eigenvalue weighted by Gasteiger charge is -2.23. The van der Waals surface area contributed by atoms with Gasteiger partial charge < -0.3 is 9.73 Å². The Bertz CT molecular complexity index is 2240. The predicted octanol–water partition coefficient (Wildman–Crippen LogP) is 8.28. The second kappa shape index (κ2) is 8.47. The van der Waals surface area contributed by atoms with Crippen LogP contribution >= 0.6 is 0 Å². The number of furan rings is 1. The Morgan fingerprint density at radius 2 is 1.34 bits per heavy atom. The van der Waals surface area contributed by atoms with Gasteiger partial charge in [-0.1, -0.05) is 84.9 Å². The summed E-state index contributed by atoms with van der Waals surface area (Å²) >= 11 is 0. The standard InChI is InChI=1S/C36H22N4O/c1-2-8-21(9-3-1)34-38-35(23-18-22-10-6-13-26-24-11-4-5-12-25(24)28(19-23)32(22)26)40-36(39-34)27-14-7-15-31-33(27)29-20-37-17-16-30(29)41-31/h1-20,34H,(H,38,39,40). The number of aromatic nitrogens is 1. The van der Waals surface area contributed by atoms with Crippen LogP contribution in [0.15, 0.2) is 136 Å². The van der Waals surface area contributed by atoms with Crippen molar-refractivity contribution >= 4 is 44.4 Å². The Balaban J connectivity index is 1.25. The van der Waals surface area contributed by atoms with Crippen LogP contribution in [0.1, 0.15) is 22.9 Å². The van der Waals surface area contributed by atoms with Crippen LogP contribution in [0, 0.1) is 0 Å². The van der Waals surface area contributed by atoms with E-state index in [2.05, 4.69) is 83.1 Å². The third kappa shape index (κ3) is 3.33. The van der Waals surface area contributed by atoms with Crippen molar-refractivity contribution in [2.24, 2.45) is 9.98 Å². The summed E-state index contributed by atoms with van der Waals surface area (Å²) in [4.78, 5) is 14.7. The number of benzene rings is 5. The molecule has 0 spiro atoms. The number of rotatable bonds is 3. The molecule has 5 aromatic carbocycles. The highest BCUT2D eigenvalue weighted by molar-refractivity contribution is 6.25. The van der Waals surface area contributed by atoms with E-state index in [9.17, 15) is 0 Å². The van der Waals surface area contributed by atoms with E-state index >= 15 is 0 Å². The number of pyridine rings is 1. The Morgan fingerprint density at radius 3 is 2.24 bits per heavy atom. The number of aliphatic imine (C=N–C) groups is 2. The molecule has 41 heavy (non-hydrogen) atoms. The molecule has 192 valence electrons. The van der Waals surface area contributed by atoms with E-state index in [1.807, 2.05) is 42.6 Å². The molecule has 0 bridgehead atoms. The summed E-state index contributed by atoms with van der Waals surface area (Å²) in [6.07, 6.45) is 3.22. The topological polar surface area (TPSA) is 62.8 Å². The molecule has 5 heteroatoms. The van der Waals surface area contributed by atoms with E-state index in [1.54, 1.807) is 6.20 Å². The number of hydrogen-bond acceptors (Lipinski definition) is 5. The molecule has 1 atom stereocenters. The van der Waals surface area contributed by atoms with Crippen molar-refractivity contribution in [2.45, 2.75) is 6.17 Å². The summed E-state index contributed by atoms with van der Waals surface area (Å²) in [6, 6.07) is 37.9. The molecular weight excluding hydrogens is 504 g/mol. The van der Waals surface area contributed by atoms with Crippen LogP contribution in [0.3, 0.4) is 0 Å². The van der Waals surface area contributed by atoms with E-state index in [-0.39, 0.29) is 0 Å². The van der Waals surface area contributed by atoms with Gasteiger partial charge in [0, 0.05) is 34.3 Å². The summed E-state index contributed by atoms with van der Waals surface area (Å²) in [5.74, 6) is 1.55. The molecule has 2 aliphatic rings. The fourth-order valence-corrected chi connectivity index (χ4v) is 6.33. The molecule has 1 aliphatic carbocycles. The van der Waals surface area contributed by atoms with E-state index in [0.29, 0.717) is 0 Å². The van der Waals surface area contributed by atoms with Gasteiger partial charge in [-0.3, -0.25) is 4.98 Å². The first-order valence-corrected chi connectivity index (χ1v) is 13.7. The smallest absolute Gasteiger partial charge is 0.169 e. The minimum atomic E-state index is -0.392. The van der Waals surface area contributed by atoms with Crippen LogP contribution < -0.4 is 5.32 Å². The van der Waals surface area contributed by atoms with Gasteiger partial charge in [-0.2, -0.15) is 0 Å². The Labute approximate surface area is 235 Å². The van der Waals surface area contributed by atoms with E-state index in [0.717, 1.165) is 50.3 Å². The number of nitrogens with one attached hydrogen (secondary N) is 1. The summed E-state index contributed by atoms with van der Waals surface area (Å²) in [6.45, 7) is 0. The molecule has 5 nitrogen and oxygen atoms in total. The molecule has 1 N–H and O–H groups in total. The van der Waals surface area contributed by atoms with Crippen LogP contribution in [0.2, 0.25) is 0 Å². The lowest BCUT2D eigenvalue weighted by atomic mass is 9.98. The lowest BCUT2D eigenvalue weighted by Crippen LogP contribution is -2.36. The fourth-order valence-electron chi connectivity index (χ4n) is 6.33. The maximum atomic E-state index is 6.17. The highest BCUT2D eigenvalue weighted by Crippen LogP contribution is 2.47. The van der Waals surface area contributed by atoms with Crippen molar-refractivity contribution in [2.75, 3.05) is 0 Å². The first-order chi connectivity index (χ1) is 20.3. The average molecular weight is 527 g/mol. The fraction of sp³-hybridized carbons (Fsp3) is 0.0278. The van der Waals surface area contributed by atoms with Gasteiger partial charge in [-0.25, -0.2) is 9.98 Å². The molecule has 3 heterocycles. The molecular formula is C36H22N4O. The summed E-state index contributed by atoms with van der Waals surface area (Å²) in [5, 5.41) is 8.08. The molecule has 0 radical (unpaired) electrons. The second-order valence-corrected chi connectivity index (χ2v) is 10.5. The van der Waals surface area contributed by atoms with Crippen molar-refractivity contribution in [3.8, 4) is 22.3 Å². The monoisotopic (exact) mass is 526 g/mol. The Kier molecular flexibility index (Phi) is 4.61. The van der Waals surface area contributed by atoms with E-state index < -0.39 is 6.17 Å². The van der Waals surface area contributed by atoms with Crippen molar-refractivity contribution < 1.29 is 4.42 Å². The van der Waals surface area contributed by atoms with Crippen molar-refractivity contribution in [1.82, 2.24) is 10.3 Å². The van der Waals surface area contributed by atoms with E-state index in [4.69, 9.17) is 14.4 Å². The average Bonchev–Trinajstić information content (AvgIpc) is 3.58. The zero-order chi connectivity index (χ0) is 26.9. The third-order valence-electron chi connectivity index (χ3n) is 8.15. The van der Waals surface area contributed by atoms with Crippen LogP contribution in [0.5, 0.6) is 0 Å². The van der Waals surface area contributed by atoms with Crippen molar-refractivity contribution in [3.05, 3.63) is 138 Å². The third-order valence-corrected chi connectivity index (χ3v) is 8.15. The molecule has 7 aromatic rings. The van der Waals surface area contributed by atoms with Gasteiger partial charge >= 0.3 is 0 Å². The molecule has 0 saturated heterocycles.